The number of hydrogen-bond donors (Lipinski definition) is 4. The van der Waals surface area contributed by atoms with E-state index in [1.54, 1.807) is 0 Å². The highest BCUT2D eigenvalue weighted by atomic mass is 16.5. The van der Waals surface area contributed by atoms with Gasteiger partial charge in [-0.15, -0.1) is 0 Å². The summed E-state index contributed by atoms with van der Waals surface area (Å²) in [5.74, 6) is 0. The maximum absolute atomic E-state index is 9.28. The average molecular weight is 163 g/mol. The fraction of sp³-hybridized carbons (Fsp3) is 1.00. The van der Waals surface area contributed by atoms with Gasteiger partial charge in [0.2, 0.25) is 0 Å². The highest BCUT2D eigenvalue weighted by Gasteiger charge is 2.40. The van der Waals surface area contributed by atoms with Crippen molar-refractivity contribution in [3.63, 3.8) is 0 Å². The zero-order valence-corrected chi connectivity index (χ0v) is 6.10. The second kappa shape index (κ2) is 3.04. The zero-order chi connectivity index (χ0) is 8.48. The van der Waals surface area contributed by atoms with Gasteiger partial charge in [0.15, 0.2) is 0 Å². The number of aliphatic hydroxyl groups is 3. The Kier molecular flexibility index (Phi) is 2.46. The molecule has 66 valence electrons. The van der Waals surface area contributed by atoms with Crippen molar-refractivity contribution in [2.75, 3.05) is 13.2 Å². The third-order valence-corrected chi connectivity index (χ3v) is 1.88. The molecule has 0 aliphatic carbocycles. The molecule has 0 bridgehead atoms. The largest absolute Gasteiger partial charge is 0.394 e. The molecule has 1 aliphatic heterocycles. The Morgan fingerprint density at radius 3 is 2.73 bits per heavy atom. The van der Waals surface area contributed by atoms with Gasteiger partial charge < -0.3 is 25.8 Å². The Hall–Kier alpha value is -0.200. The predicted molar refractivity (Wildman–Crippen MR) is 36.6 cm³/mol. The molecule has 1 heterocycles. The van der Waals surface area contributed by atoms with E-state index in [0.717, 1.165) is 0 Å². The third-order valence-electron chi connectivity index (χ3n) is 1.88. The lowest BCUT2D eigenvalue weighted by Crippen LogP contribution is -2.61. The van der Waals surface area contributed by atoms with Gasteiger partial charge in [-0.2, -0.15) is 0 Å². The second-order valence-electron chi connectivity index (χ2n) is 2.78. The number of rotatable bonds is 1. The van der Waals surface area contributed by atoms with Gasteiger partial charge in [-0.1, -0.05) is 0 Å². The fourth-order valence-electron chi connectivity index (χ4n) is 1.09. The summed E-state index contributed by atoms with van der Waals surface area (Å²) in [7, 11) is 0. The standard InChI is InChI=1S/C6H13NO4/c7-6(10)1-2-11-4(3-8)5(6)9/h4-5,8-10H,1-3,7H2/t4-,5-,6-/m1/s1. The fourth-order valence-corrected chi connectivity index (χ4v) is 1.09. The Bertz CT molecular complexity index is 139. The summed E-state index contributed by atoms with van der Waals surface area (Å²) in [4.78, 5) is 0. The molecule has 0 spiro atoms. The van der Waals surface area contributed by atoms with E-state index in [1.807, 2.05) is 0 Å². The van der Waals surface area contributed by atoms with Crippen LogP contribution in [0.4, 0.5) is 0 Å². The summed E-state index contributed by atoms with van der Waals surface area (Å²) in [6.45, 7) is -0.0734. The molecular weight excluding hydrogens is 150 g/mol. The summed E-state index contributed by atoms with van der Waals surface area (Å²) in [6, 6.07) is 0. The van der Waals surface area contributed by atoms with Crippen LogP contribution in [0, 0.1) is 0 Å². The Morgan fingerprint density at radius 1 is 1.64 bits per heavy atom. The molecular formula is C6H13NO4. The number of hydrogen-bond acceptors (Lipinski definition) is 5. The molecule has 0 amide bonds. The Morgan fingerprint density at radius 2 is 2.27 bits per heavy atom. The summed E-state index contributed by atoms with van der Waals surface area (Å²) in [5, 5.41) is 27.2. The molecule has 0 aromatic rings. The van der Waals surface area contributed by atoms with E-state index in [1.165, 1.54) is 0 Å². The van der Waals surface area contributed by atoms with E-state index in [2.05, 4.69) is 0 Å². The minimum absolute atomic E-state index is 0.185. The second-order valence-corrected chi connectivity index (χ2v) is 2.78. The summed E-state index contributed by atoms with van der Waals surface area (Å²) in [5.41, 5.74) is 3.68. The normalized spacial score (nSPS) is 45.8. The van der Waals surface area contributed by atoms with E-state index >= 15 is 0 Å². The molecule has 0 aromatic heterocycles. The summed E-state index contributed by atoms with van der Waals surface area (Å²) < 4.78 is 4.93. The molecule has 5 N–H and O–H groups in total. The first-order chi connectivity index (χ1) is 5.08. The predicted octanol–water partition coefficient (Wildman–Crippen LogP) is -2.22. The van der Waals surface area contributed by atoms with Crippen LogP contribution in [0.15, 0.2) is 0 Å². The number of nitrogens with two attached hydrogens (primary N) is 1. The van der Waals surface area contributed by atoms with Crippen molar-refractivity contribution in [2.45, 2.75) is 24.4 Å². The van der Waals surface area contributed by atoms with Gasteiger partial charge in [-0.3, -0.25) is 0 Å². The lowest BCUT2D eigenvalue weighted by Gasteiger charge is -2.37. The van der Waals surface area contributed by atoms with Gasteiger partial charge >= 0.3 is 0 Å². The minimum atomic E-state index is -1.62. The summed E-state index contributed by atoms with van der Waals surface area (Å²) in [6.07, 6.45) is -1.79. The first-order valence-electron chi connectivity index (χ1n) is 3.49. The molecule has 3 atom stereocenters. The number of ether oxygens (including phenoxy) is 1. The van der Waals surface area contributed by atoms with Crippen LogP contribution in [0.3, 0.4) is 0 Å². The molecule has 1 rings (SSSR count). The molecule has 1 saturated heterocycles. The van der Waals surface area contributed by atoms with Crippen molar-refractivity contribution < 1.29 is 20.1 Å². The maximum Gasteiger partial charge on any atom is 0.144 e. The third kappa shape index (κ3) is 1.69. The topological polar surface area (TPSA) is 95.9 Å². The van der Waals surface area contributed by atoms with Crippen LogP contribution in [-0.4, -0.2) is 46.5 Å². The van der Waals surface area contributed by atoms with Gasteiger partial charge in [-0.05, 0) is 0 Å². The van der Waals surface area contributed by atoms with Crippen LogP contribution in [0.1, 0.15) is 6.42 Å². The Labute approximate surface area is 64.4 Å². The van der Waals surface area contributed by atoms with Crippen molar-refractivity contribution in [3.05, 3.63) is 0 Å². The molecule has 1 fully saturated rings. The van der Waals surface area contributed by atoms with Crippen molar-refractivity contribution in [3.8, 4) is 0 Å². The Balaban J connectivity index is 2.60. The molecule has 11 heavy (non-hydrogen) atoms. The van der Waals surface area contributed by atoms with Gasteiger partial charge in [-0.25, -0.2) is 0 Å². The van der Waals surface area contributed by atoms with Crippen molar-refractivity contribution in [1.29, 1.82) is 0 Å². The number of aliphatic hydroxyl groups excluding tert-OH is 2. The van der Waals surface area contributed by atoms with E-state index in [0.29, 0.717) is 0 Å². The molecule has 0 unspecified atom stereocenters. The van der Waals surface area contributed by atoms with Crippen LogP contribution in [0.2, 0.25) is 0 Å². The quantitative estimate of drug-likeness (QED) is 0.328. The lowest BCUT2D eigenvalue weighted by molar-refractivity contribution is -0.195. The van der Waals surface area contributed by atoms with Crippen molar-refractivity contribution in [1.82, 2.24) is 0 Å². The lowest BCUT2D eigenvalue weighted by atomic mass is 9.97. The van der Waals surface area contributed by atoms with Gasteiger partial charge in [0.1, 0.15) is 17.9 Å². The van der Waals surface area contributed by atoms with Gasteiger partial charge in [0.05, 0.1) is 13.2 Å². The molecule has 5 heteroatoms. The van der Waals surface area contributed by atoms with Crippen molar-refractivity contribution >= 4 is 0 Å². The van der Waals surface area contributed by atoms with E-state index in [4.69, 9.17) is 15.6 Å². The highest BCUT2D eigenvalue weighted by Crippen LogP contribution is 2.19. The van der Waals surface area contributed by atoms with Crippen LogP contribution in [0.5, 0.6) is 0 Å². The van der Waals surface area contributed by atoms with E-state index < -0.39 is 17.9 Å². The van der Waals surface area contributed by atoms with Crippen LogP contribution < -0.4 is 5.73 Å². The highest BCUT2D eigenvalue weighted by molar-refractivity contribution is 4.89. The molecule has 1 aliphatic rings. The monoisotopic (exact) mass is 163 g/mol. The minimum Gasteiger partial charge on any atom is -0.394 e. The van der Waals surface area contributed by atoms with Crippen LogP contribution in [-0.2, 0) is 4.74 Å². The SMILES string of the molecule is N[C@@]1(O)CCO[C@H](CO)[C@H]1O. The molecule has 0 saturated carbocycles. The zero-order valence-electron chi connectivity index (χ0n) is 6.10. The van der Waals surface area contributed by atoms with Crippen molar-refractivity contribution in [2.24, 2.45) is 5.73 Å². The maximum atomic E-state index is 9.28. The average Bonchev–Trinajstić information content (AvgIpc) is 1.95. The molecule has 0 aromatic carbocycles. The first-order valence-corrected chi connectivity index (χ1v) is 3.49. The summed E-state index contributed by atoms with van der Waals surface area (Å²) >= 11 is 0. The van der Waals surface area contributed by atoms with Gasteiger partial charge in [0.25, 0.3) is 0 Å². The molecule has 5 nitrogen and oxygen atoms in total. The van der Waals surface area contributed by atoms with E-state index in [-0.39, 0.29) is 19.6 Å². The van der Waals surface area contributed by atoms with Crippen LogP contribution >= 0.6 is 0 Å². The van der Waals surface area contributed by atoms with E-state index in [9.17, 15) is 10.2 Å². The first kappa shape index (κ1) is 8.89. The molecule has 0 radical (unpaired) electrons. The van der Waals surface area contributed by atoms with Crippen LogP contribution in [0.25, 0.3) is 0 Å². The van der Waals surface area contributed by atoms with Gasteiger partial charge in [0, 0.05) is 6.42 Å². The smallest absolute Gasteiger partial charge is 0.144 e.